The molecular weight excluding hydrogens is 454 g/mol. The molecule has 5 rings (SSSR count). The summed E-state index contributed by atoms with van der Waals surface area (Å²) in [5.74, 6) is -0.428. The van der Waals surface area contributed by atoms with Gasteiger partial charge in [0.25, 0.3) is 0 Å². The molecule has 0 unspecified atom stereocenters. The van der Waals surface area contributed by atoms with Gasteiger partial charge in [-0.25, -0.2) is 4.79 Å². The predicted octanol–water partition coefficient (Wildman–Crippen LogP) is 8.72. The molecule has 0 amide bonds. The number of benzene rings is 5. The van der Waals surface area contributed by atoms with Crippen molar-refractivity contribution in [2.45, 2.75) is 6.61 Å². The van der Waals surface area contributed by atoms with Gasteiger partial charge in [-0.3, -0.25) is 0 Å². The van der Waals surface area contributed by atoms with E-state index in [1.807, 2.05) is 36.4 Å². The third kappa shape index (κ3) is 5.68. The van der Waals surface area contributed by atoms with Crippen LogP contribution in [0.4, 0.5) is 17.1 Å². The van der Waals surface area contributed by atoms with Crippen molar-refractivity contribution in [1.82, 2.24) is 0 Å². The van der Waals surface area contributed by atoms with E-state index in [1.165, 1.54) is 28.3 Å². The normalized spacial score (nSPS) is 10.5. The predicted molar refractivity (Wildman–Crippen MR) is 152 cm³/mol. The molecule has 0 aliphatic carbocycles. The molecular formula is C34H27NO2. The number of carbonyl (C=O) groups is 1. The first-order valence-corrected chi connectivity index (χ1v) is 12.2. The number of hydrogen-bond acceptors (Lipinski definition) is 3. The Morgan fingerprint density at radius 3 is 1.35 bits per heavy atom. The second kappa shape index (κ2) is 11.2. The van der Waals surface area contributed by atoms with Gasteiger partial charge in [-0.15, -0.1) is 0 Å². The van der Waals surface area contributed by atoms with Gasteiger partial charge in [0, 0.05) is 23.1 Å². The van der Waals surface area contributed by atoms with Gasteiger partial charge in [0.15, 0.2) is 0 Å². The average molecular weight is 482 g/mol. The summed E-state index contributed by atoms with van der Waals surface area (Å²) in [6, 6.07) is 46.0. The van der Waals surface area contributed by atoms with E-state index in [1.54, 1.807) is 0 Å². The van der Waals surface area contributed by atoms with Crippen LogP contribution in [0.5, 0.6) is 0 Å². The molecule has 0 bridgehead atoms. The van der Waals surface area contributed by atoms with Crippen LogP contribution in [-0.4, -0.2) is 5.97 Å². The number of carbonyl (C=O) groups excluding carboxylic acids is 1. The second-order valence-electron chi connectivity index (χ2n) is 8.64. The monoisotopic (exact) mass is 481 g/mol. The van der Waals surface area contributed by atoms with E-state index in [0.717, 1.165) is 22.6 Å². The molecule has 0 spiro atoms. The molecule has 0 heterocycles. The Morgan fingerprint density at radius 2 is 0.946 bits per heavy atom. The van der Waals surface area contributed by atoms with Crippen LogP contribution in [0.25, 0.3) is 22.3 Å². The van der Waals surface area contributed by atoms with E-state index in [2.05, 4.69) is 109 Å². The largest absolute Gasteiger partial charge is 0.458 e. The molecule has 0 fully saturated rings. The molecule has 5 aromatic carbocycles. The molecule has 3 nitrogen and oxygen atoms in total. The Bertz CT molecular complexity index is 1370. The van der Waals surface area contributed by atoms with E-state index in [-0.39, 0.29) is 6.61 Å². The van der Waals surface area contributed by atoms with Crippen molar-refractivity contribution >= 4 is 23.0 Å². The first-order valence-electron chi connectivity index (χ1n) is 12.2. The van der Waals surface area contributed by atoms with Crippen molar-refractivity contribution in [3.63, 3.8) is 0 Å². The minimum Gasteiger partial charge on any atom is -0.458 e. The van der Waals surface area contributed by atoms with Crippen LogP contribution in [0.1, 0.15) is 5.56 Å². The zero-order valence-corrected chi connectivity index (χ0v) is 20.5. The molecule has 0 saturated heterocycles. The standard InChI is InChI=1S/C34H27NO2/c1-2-34(36)37-25-26-13-19-31(20-14-26)35(32-21-15-29(16-22-32)27-9-5-3-6-10-27)33-23-17-30(18-24-33)28-11-7-4-8-12-28/h2-24H,1,25H2. The van der Waals surface area contributed by atoms with Crippen LogP contribution < -0.4 is 4.90 Å². The Balaban J connectivity index is 1.48. The molecule has 0 aliphatic rings. The number of ether oxygens (including phenoxy) is 1. The fourth-order valence-corrected chi connectivity index (χ4v) is 4.27. The molecule has 0 atom stereocenters. The molecule has 37 heavy (non-hydrogen) atoms. The van der Waals surface area contributed by atoms with Crippen LogP contribution in [0, 0.1) is 0 Å². The molecule has 5 aromatic rings. The molecule has 180 valence electrons. The summed E-state index contributed by atoms with van der Waals surface area (Å²) in [7, 11) is 0. The fourth-order valence-electron chi connectivity index (χ4n) is 4.27. The van der Waals surface area contributed by atoms with Gasteiger partial charge < -0.3 is 9.64 Å². The first kappa shape index (κ1) is 23.8. The van der Waals surface area contributed by atoms with Crippen molar-refractivity contribution in [1.29, 1.82) is 0 Å². The number of anilines is 3. The lowest BCUT2D eigenvalue weighted by atomic mass is 10.0. The smallest absolute Gasteiger partial charge is 0.330 e. The zero-order valence-electron chi connectivity index (χ0n) is 20.5. The number of nitrogens with zero attached hydrogens (tertiary/aromatic N) is 1. The maximum atomic E-state index is 11.4. The highest BCUT2D eigenvalue weighted by Gasteiger charge is 2.13. The Labute approximate surface area is 217 Å². The van der Waals surface area contributed by atoms with Crippen molar-refractivity contribution in [3.05, 3.63) is 152 Å². The lowest BCUT2D eigenvalue weighted by Crippen LogP contribution is -2.10. The van der Waals surface area contributed by atoms with Crippen LogP contribution in [0.3, 0.4) is 0 Å². The molecule has 0 saturated carbocycles. The first-order chi connectivity index (χ1) is 18.2. The van der Waals surface area contributed by atoms with Gasteiger partial charge in [0.1, 0.15) is 6.61 Å². The summed E-state index contributed by atoms with van der Waals surface area (Å²) in [6.07, 6.45) is 1.17. The quantitative estimate of drug-likeness (QED) is 0.164. The maximum Gasteiger partial charge on any atom is 0.330 e. The fraction of sp³-hybridized carbons (Fsp3) is 0.0294. The van der Waals surface area contributed by atoms with Gasteiger partial charge >= 0.3 is 5.97 Å². The number of hydrogen-bond donors (Lipinski definition) is 0. The van der Waals surface area contributed by atoms with Gasteiger partial charge in [-0.2, -0.15) is 0 Å². The zero-order chi connectivity index (χ0) is 25.5. The number of rotatable bonds is 8. The third-order valence-corrected chi connectivity index (χ3v) is 6.21. The summed E-state index contributed by atoms with van der Waals surface area (Å²) in [4.78, 5) is 13.7. The minimum absolute atomic E-state index is 0.211. The van der Waals surface area contributed by atoms with E-state index in [4.69, 9.17) is 4.74 Å². The van der Waals surface area contributed by atoms with Crippen LogP contribution in [0.2, 0.25) is 0 Å². The highest BCUT2D eigenvalue weighted by atomic mass is 16.5. The van der Waals surface area contributed by atoms with Crippen molar-refractivity contribution < 1.29 is 9.53 Å². The number of esters is 1. The van der Waals surface area contributed by atoms with E-state index in [9.17, 15) is 4.79 Å². The van der Waals surface area contributed by atoms with Crippen molar-refractivity contribution in [2.24, 2.45) is 0 Å². The summed E-state index contributed by atoms with van der Waals surface area (Å²) in [5, 5.41) is 0. The van der Waals surface area contributed by atoms with E-state index in [0.29, 0.717) is 0 Å². The highest BCUT2D eigenvalue weighted by molar-refractivity contribution is 5.81. The van der Waals surface area contributed by atoms with Crippen LogP contribution >= 0.6 is 0 Å². The molecule has 0 radical (unpaired) electrons. The van der Waals surface area contributed by atoms with Crippen molar-refractivity contribution in [2.75, 3.05) is 4.90 Å². The van der Waals surface area contributed by atoms with Gasteiger partial charge in [-0.1, -0.05) is 104 Å². The van der Waals surface area contributed by atoms with Gasteiger partial charge in [0.05, 0.1) is 0 Å². The Morgan fingerprint density at radius 1 is 0.568 bits per heavy atom. The van der Waals surface area contributed by atoms with Crippen LogP contribution in [-0.2, 0) is 16.1 Å². The average Bonchev–Trinajstić information content (AvgIpc) is 2.98. The van der Waals surface area contributed by atoms with E-state index >= 15 is 0 Å². The Hall–Kier alpha value is -4.89. The molecule has 0 N–H and O–H groups in total. The summed E-state index contributed by atoms with van der Waals surface area (Å²) >= 11 is 0. The van der Waals surface area contributed by atoms with Gasteiger partial charge in [-0.05, 0) is 64.2 Å². The third-order valence-electron chi connectivity index (χ3n) is 6.21. The molecule has 0 aromatic heterocycles. The van der Waals surface area contributed by atoms with E-state index < -0.39 is 5.97 Å². The van der Waals surface area contributed by atoms with Crippen molar-refractivity contribution in [3.8, 4) is 22.3 Å². The highest BCUT2D eigenvalue weighted by Crippen LogP contribution is 2.36. The topological polar surface area (TPSA) is 29.5 Å². The lowest BCUT2D eigenvalue weighted by molar-refractivity contribution is -0.138. The maximum absolute atomic E-state index is 11.4. The molecule has 0 aliphatic heterocycles. The Kier molecular flexibility index (Phi) is 7.24. The lowest BCUT2D eigenvalue weighted by Gasteiger charge is -2.26. The molecule has 3 heteroatoms. The second-order valence-corrected chi connectivity index (χ2v) is 8.64. The summed E-state index contributed by atoms with van der Waals surface area (Å²) in [6.45, 7) is 3.66. The van der Waals surface area contributed by atoms with Gasteiger partial charge in [0.2, 0.25) is 0 Å². The SMILES string of the molecule is C=CC(=O)OCc1ccc(N(c2ccc(-c3ccccc3)cc2)c2ccc(-c3ccccc3)cc2)cc1. The van der Waals surface area contributed by atoms with Crippen LogP contribution in [0.15, 0.2) is 146 Å². The summed E-state index contributed by atoms with van der Waals surface area (Å²) < 4.78 is 5.19. The summed E-state index contributed by atoms with van der Waals surface area (Å²) in [5.41, 5.74) is 8.75. The minimum atomic E-state index is -0.428.